The standard InChI is InChI=1S/C18H20O.C3H8O/c1-15(14-19)6-5-7-16-10-12-18(13-11-16)17-8-3-2-4-9-17;1-3-4-2/h2-4,8-15H,5-7H2,1H3;3H2,1-2H3. The Morgan fingerprint density at radius 3 is 2.09 bits per heavy atom. The largest absolute Gasteiger partial charge is 0.385 e. The van der Waals surface area contributed by atoms with E-state index in [9.17, 15) is 4.79 Å². The maximum Gasteiger partial charge on any atom is 0.122 e. The highest BCUT2D eigenvalue weighted by Crippen LogP contribution is 2.20. The lowest BCUT2D eigenvalue weighted by Crippen LogP contribution is -1.96. The van der Waals surface area contributed by atoms with E-state index >= 15 is 0 Å². The summed E-state index contributed by atoms with van der Waals surface area (Å²) in [7, 11) is 1.68. The molecule has 2 aromatic carbocycles. The van der Waals surface area contributed by atoms with E-state index in [4.69, 9.17) is 0 Å². The maximum atomic E-state index is 10.5. The second-order valence-corrected chi connectivity index (χ2v) is 5.65. The molecule has 0 radical (unpaired) electrons. The van der Waals surface area contributed by atoms with E-state index in [2.05, 4.69) is 53.3 Å². The quantitative estimate of drug-likeness (QED) is 0.660. The second kappa shape index (κ2) is 11.6. The first kappa shape index (κ1) is 19.1. The highest BCUT2D eigenvalue weighted by molar-refractivity contribution is 5.63. The molecule has 0 amide bonds. The highest BCUT2D eigenvalue weighted by atomic mass is 16.5. The molecule has 0 heterocycles. The van der Waals surface area contributed by atoms with Crippen molar-refractivity contribution in [2.45, 2.75) is 33.1 Å². The third-order valence-electron chi connectivity index (χ3n) is 3.71. The summed E-state index contributed by atoms with van der Waals surface area (Å²) in [5.41, 5.74) is 3.85. The van der Waals surface area contributed by atoms with E-state index in [1.807, 2.05) is 19.9 Å². The van der Waals surface area contributed by atoms with Gasteiger partial charge in [0.2, 0.25) is 0 Å². The Balaban J connectivity index is 0.000000593. The van der Waals surface area contributed by atoms with Gasteiger partial charge in [-0.3, -0.25) is 0 Å². The van der Waals surface area contributed by atoms with Crippen LogP contribution in [-0.4, -0.2) is 20.0 Å². The third kappa shape index (κ3) is 7.75. The van der Waals surface area contributed by atoms with Crippen LogP contribution < -0.4 is 0 Å². The summed E-state index contributed by atoms with van der Waals surface area (Å²) in [4.78, 5) is 10.5. The fraction of sp³-hybridized carbons (Fsp3) is 0.381. The van der Waals surface area contributed by atoms with E-state index in [-0.39, 0.29) is 5.92 Å². The van der Waals surface area contributed by atoms with Crippen molar-refractivity contribution in [2.24, 2.45) is 5.92 Å². The number of hydrogen-bond acceptors (Lipinski definition) is 2. The topological polar surface area (TPSA) is 26.3 Å². The van der Waals surface area contributed by atoms with Gasteiger partial charge in [-0.15, -0.1) is 0 Å². The molecular weight excluding hydrogens is 284 g/mol. The van der Waals surface area contributed by atoms with Crippen molar-refractivity contribution in [1.82, 2.24) is 0 Å². The van der Waals surface area contributed by atoms with Crippen LogP contribution >= 0.6 is 0 Å². The van der Waals surface area contributed by atoms with E-state index in [1.165, 1.54) is 16.7 Å². The Morgan fingerprint density at radius 1 is 1.00 bits per heavy atom. The Hall–Kier alpha value is -1.93. The number of rotatable bonds is 7. The lowest BCUT2D eigenvalue weighted by atomic mass is 9.99. The normalized spacial score (nSPS) is 11.3. The van der Waals surface area contributed by atoms with E-state index in [0.717, 1.165) is 32.2 Å². The first-order chi connectivity index (χ1) is 11.2. The van der Waals surface area contributed by atoms with E-state index in [0.29, 0.717) is 0 Å². The molecule has 1 atom stereocenters. The fourth-order valence-corrected chi connectivity index (χ4v) is 2.19. The van der Waals surface area contributed by atoms with E-state index < -0.39 is 0 Å². The molecule has 0 saturated carbocycles. The average Bonchev–Trinajstić information content (AvgIpc) is 2.63. The molecule has 2 heteroatoms. The zero-order chi connectivity index (χ0) is 16.9. The van der Waals surface area contributed by atoms with Crippen molar-refractivity contribution >= 4 is 6.29 Å². The summed E-state index contributed by atoms with van der Waals surface area (Å²) < 4.78 is 4.54. The zero-order valence-electron chi connectivity index (χ0n) is 14.5. The van der Waals surface area contributed by atoms with Gasteiger partial charge in [0, 0.05) is 19.6 Å². The summed E-state index contributed by atoms with van der Waals surface area (Å²) in [6.07, 6.45) is 4.14. The Kier molecular flexibility index (Phi) is 9.65. The van der Waals surface area contributed by atoms with Gasteiger partial charge < -0.3 is 9.53 Å². The van der Waals surface area contributed by atoms with Crippen molar-refractivity contribution in [1.29, 1.82) is 0 Å². The molecule has 0 fully saturated rings. The summed E-state index contributed by atoms with van der Waals surface area (Å²) >= 11 is 0. The van der Waals surface area contributed by atoms with Crippen LogP contribution in [0.1, 0.15) is 32.3 Å². The van der Waals surface area contributed by atoms with Crippen molar-refractivity contribution in [3.63, 3.8) is 0 Å². The number of benzene rings is 2. The summed E-state index contributed by atoms with van der Waals surface area (Å²) in [6.45, 7) is 4.76. The van der Waals surface area contributed by atoms with Crippen molar-refractivity contribution in [2.75, 3.05) is 13.7 Å². The number of ether oxygens (including phenoxy) is 1. The van der Waals surface area contributed by atoms with Crippen LogP contribution in [0.5, 0.6) is 0 Å². The molecule has 0 spiro atoms. The SMILES string of the molecule is CC(C=O)CCCc1ccc(-c2ccccc2)cc1.CCOC. The minimum Gasteiger partial charge on any atom is -0.385 e. The molecular formula is C21H28O2. The molecule has 1 unspecified atom stereocenters. The van der Waals surface area contributed by atoms with Gasteiger partial charge in [-0.05, 0) is 42.9 Å². The maximum absolute atomic E-state index is 10.5. The molecule has 23 heavy (non-hydrogen) atoms. The number of hydrogen-bond donors (Lipinski definition) is 0. The first-order valence-electron chi connectivity index (χ1n) is 8.29. The van der Waals surface area contributed by atoms with Gasteiger partial charge in [0.15, 0.2) is 0 Å². The molecule has 0 aromatic heterocycles. The number of aryl methyl sites for hydroxylation is 1. The summed E-state index contributed by atoms with van der Waals surface area (Å²) in [5, 5.41) is 0. The van der Waals surface area contributed by atoms with Gasteiger partial charge in [0.25, 0.3) is 0 Å². The first-order valence-corrected chi connectivity index (χ1v) is 8.29. The minimum atomic E-state index is 0.184. The minimum absolute atomic E-state index is 0.184. The van der Waals surface area contributed by atoms with Gasteiger partial charge in [0.1, 0.15) is 6.29 Å². The average molecular weight is 312 g/mol. The van der Waals surface area contributed by atoms with Crippen molar-refractivity contribution in [3.05, 3.63) is 60.2 Å². The molecule has 0 bridgehead atoms. The van der Waals surface area contributed by atoms with Crippen molar-refractivity contribution < 1.29 is 9.53 Å². The lowest BCUT2D eigenvalue weighted by molar-refractivity contribution is -0.110. The monoisotopic (exact) mass is 312 g/mol. The van der Waals surface area contributed by atoms with E-state index in [1.54, 1.807) is 7.11 Å². The molecule has 0 aliphatic heterocycles. The fourth-order valence-electron chi connectivity index (χ4n) is 2.19. The third-order valence-corrected chi connectivity index (χ3v) is 3.71. The smallest absolute Gasteiger partial charge is 0.122 e. The predicted octanol–water partition coefficient (Wildman–Crippen LogP) is 5.16. The predicted molar refractivity (Wildman–Crippen MR) is 97.6 cm³/mol. The molecule has 2 rings (SSSR count). The zero-order valence-corrected chi connectivity index (χ0v) is 14.5. The molecule has 0 aliphatic carbocycles. The lowest BCUT2D eigenvalue weighted by Gasteiger charge is -2.06. The van der Waals surface area contributed by atoms with Gasteiger partial charge in [-0.25, -0.2) is 0 Å². The van der Waals surface area contributed by atoms with Crippen LogP contribution in [-0.2, 0) is 16.0 Å². The van der Waals surface area contributed by atoms with Gasteiger partial charge in [-0.2, -0.15) is 0 Å². The van der Waals surface area contributed by atoms with Crippen LogP contribution in [0.4, 0.5) is 0 Å². The van der Waals surface area contributed by atoms with Crippen LogP contribution in [0.2, 0.25) is 0 Å². The molecule has 0 aliphatic rings. The molecule has 0 N–H and O–H groups in total. The number of carbonyl (C=O) groups is 1. The summed E-state index contributed by atoms with van der Waals surface area (Å²) in [6, 6.07) is 19.1. The molecule has 124 valence electrons. The van der Waals surface area contributed by atoms with Crippen molar-refractivity contribution in [3.8, 4) is 11.1 Å². The summed E-state index contributed by atoms with van der Waals surface area (Å²) in [5.74, 6) is 0.184. The number of methoxy groups -OCH3 is 1. The van der Waals surface area contributed by atoms with Gasteiger partial charge in [0.05, 0.1) is 0 Å². The second-order valence-electron chi connectivity index (χ2n) is 5.65. The van der Waals surface area contributed by atoms with Crippen LogP contribution in [0, 0.1) is 5.92 Å². The molecule has 2 aromatic rings. The van der Waals surface area contributed by atoms with Gasteiger partial charge in [-0.1, -0.05) is 61.5 Å². The molecule has 2 nitrogen and oxygen atoms in total. The van der Waals surface area contributed by atoms with Crippen LogP contribution in [0.3, 0.4) is 0 Å². The Bertz CT molecular complexity index is 530. The molecule has 0 saturated heterocycles. The number of aldehydes is 1. The van der Waals surface area contributed by atoms with Crippen LogP contribution in [0.15, 0.2) is 54.6 Å². The highest BCUT2D eigenvalue weighted by Gasteiger charge is 2.01. The number of carbonyl (C=O) groups excluding carboxylic acids is 1. The van der Waals surface area contributed by atoms with Gasteiger partial charge >= 0.3 is 0 Å². The van der Waals surface area contributed by atoms with Crippen LogP contribution in [0.25, 0.3) is 11.1 Å². The Morgan fingerprint density at radius 2 is 1.57 bits per heavy atom. The Labute approximate surface area is 140 Å².